The zero-order valence-electron chi connectivity index (χ0n) is 11.8. The molecule has 20 heavy (non-hydrogen) atoms. The number of aliphatic hydroxyl groups is 1. The second-order valence-corrected chi connectivity index (χ2v) is 4.02. The minimum absolute atomic E-state index is 0.0648. The number of benzene rings is 1. The standard InChI is InChI=1S/C14H21NO5/c1-3-18-13-7-10(14(17)19-4-2)5-6-12(13)20-9-11(16)8-15/h5-7,11,16H,3-4,8-9,15H2,1-2H3. The SMILES string of the molecule is CCOC(=O)c1ccc(OCC(O)CN)c(OCC)c1. The normalized spacial score (nSPS) is 11.8. The molecule has 0 saturated heterocycles. The van der Waals surface area contributed by atoms with Gasteiger partial charge >= 0.3 is 5.97 Å². The summed E-state index contributed by atoms with van der Waals surface area (Å²) in [7, 11) is 0. The molecule has 6 nitrogen and oxygen atoms in total. The number of esters is 1. The Balaban J connectivity index is 2.86. The van der Waals surface area contributed by atoms with E-state index >= 15 is 0 Å². The van der Waals surface area contributed by atoms with E-state index in [4.69, 9.17) is 19.9 Å². The lowest BCUT2D eigenvalue weighted by atomic mass is 10.2. The topological polar surface area (TPSA) is 91.0 Å². The predicted octanol–water partition coefficient (Wildman–Crippen LogP) is 0.960. The second kappa shape index (κ2) is 8.39. The molecule has 112 valence electrons. The fourth-order valence-electron chi connectivity index (χ4n) is 1.49. The maximum absolute atomic E-state index is 11.6. The first-order valence-corrected chi connectivity index (χ1v) is 6.57. The van der Waals surface area contributed by atoms with Crippen molar-refractivity contribution in [2.75, 3.05) is 26.4 Å². The van der Waals surface area contributed by atoms with Gasteiger partial charge in [0.05, 0.1) is 18.8 Å². The lowest BCUT2D eigenvalue weighted by molar-refractivity contribution is 0.0525. The van der Waals surface area contributed by atoms with E-state index in [-0.39, 0.29) is 13.2 Å². The number of carbonyl (C=O) groups excluding carboxylic acids is 1. The number of ether oxygens (including phenoxy) is 3. The van der Waals surface area contributed by atoms with Gasteiger partial charge in [0.25, 0.3) is 0 Å². The molecule has 0 saturated carbocycles. The number of carbonyl (C=O) groups is 1. The largest absolute Gasteiger partial charge is 0.490 e. The third kappa shape index (κ3) is 4.71. The summed E-state index contributed by atoms with van der Waals surface area (Å²) < 4.78 is 15.8. The van der Waals surface area contributed by atoms with Gasteiger partial charge in [-0.25, -0.2) is 4.79 Å². The molecule has 0 amide bonds. The van der Waals surface area contributed by atoms with Crippen LogP contribution >= 0.6 is 0 Å². The van der Waals surface area contributed by atoms with E-state index < -0.39 is 12.1 Å². The van der Waals surface area contributed by atoms with Gasteiger partial charge in [0.1, 0.15) is 12.7 Å². The molecule has 0 aliphatic heterocycles. The lowest BCUT2D eigenvalue weighted by Gasteiger charge is -2.14. The van der Waals surface area contributed by atoms with Crippen LogP contribution in [0.5, 0.6) is 11.5 Å². The Morgan fingerprint density at radius 2 is 2.00 bits per heavy atom. The van der Waals surface area contributed by atoms with Crippen molar-refractivity contribution in [1.29, 1.82) is 0 Å². The lowest BCUT2D eigenvalue weighted by Crippen LogP contribution is -2.26. The minimum atomic E-state index is -0.741. The molecular formula is C14H21NO5. The molecule has 0 heterocycles. The Labute approximate surface area is 118 Å². The fourth-order valence-corrected chi connectivity index (χ4v) is 1.49. The summed E-state index contributed by atoms with van der Waals surface area (Å²) in [6.45, 7) is 4.49. The van der Waals surface area contributed by atoms with Crippen molar-refractivity contribution in [3.63, 3.8) is 0 Å². The third-order valence-electron chi connectivity index (χ3n) is 2.46. The minimum Gasteiger partial charge on any atom is -0.490 e. The zero-order valence-corrected chi connectivity index (χ0v) is 11.8. The highest BCUT2D eigenvalue weighted by Crippen LogP contribution is 2.29. The highest BCUT2D eigenvalue weighted by molar-refractivity contribution is 5.90. The van der Waals surface area contributed by atoms with Crippen LogP contribution in [-0.4, -0.2) is 43.5 Å². The Hall–Kier alpha value is -1.79. The molecule has 1 atom stereocenters. The van der Waals surface area contributed by atoms with Gasteiger partial charge in [-0.2, -0.15) is 0 Å². The summed E-state index contributed by atoms with van der Waals surface area (Å²) in [5.41, 5.74) is 5.70. The molecular weight excluding hydrogens is 262 g/mol. The van der Waals surface area contributed by atoms with Crippen LogP contribution in [0.4, 0.5) is 0 Å². The molecule has 0 bridgehead atoms. The molecule has 1 rings (SSSR count). The number of rotatable bonds is 8. The van der Waals surface area contributed by atoms with Crippen LogP contribution in [0.15, 0.2) is 18.2 Å². The Kier molecular flexibility index (Phi) is 6.83. The molecule has 0 aliphatic rings. The number of aliphatic hydroxyl groups excluding tert-OH is 1. The number of hydrogen-bond donors (Lipinski definition) is 2. The summed E-state index contributed by atoms with van der Waals surface area (Å²) in [4.78, 5) is 11.6. The predicted molar refractivity (Wildman–Crippen MR) is 74.1 cm³/mol. The van der Waals surface area contributed by atoms with Gasteiger partial charge in [-0.3, -0.25) is 0 Å². The van der Waals surface area contributed by atoms with Crippen molar-refractivity contribution in [1.82, 2.24) is 0 Å². The van der Waals surface area contributed by atoms with E-state index in [0.29, 0.717) is 30.3 Å². The maximum Gasteiger partial charge on any atom is 0.338 e. The van der Waals surface area contributed by atoms with Crippen molar-refractivity contribution in [2.45, 2.75) is 20.0 Å². The van der Waals surface area contributed by atoms with Gasteiger partial charge in [-0.05, 0) is 32.0 Å². The fraction of sp³-hybridized carbons (Fsp3) is 0.500. The Bertz CT molecular complexity index is 436. The first-order chi connectivity index (χ1) is 9.62. The summed E-state index contributed by atoms with van der Waals surface area (Å²) >= 11 is 0. The first-order valence-electron chi connectivity index (χ1n) is 6.57. The summed E-state index contributed by atoms with van der Waals surface area (Å²) in [6, 6.07) is 4.76. The molecule has 6 heteroatoms. The maximum atomic E-state index is 11.6. The molecule has 1 aromatic rings. The zero-order chi connectivity index (χ0) is 15.0. The Morgan fingerprint density at radius 3 is 2.60 bits per heavy atom. The number of hydrogen-bond acceptors (Lipinski definition) is 6. The summed E-state index contributed by atoms with van der Waals surface area (Å²) in [5.74, 6) is 0.469. The van der Waals surface area contributed by atoms with Gasteiger partial charge in [-0.1, -0.05) is 0 Å². The van der Waals surface area contributed by atoms with Gasteiger partial charge in [-0.15, -0.1) is 0 Å². The van der Waals surface area contributed by atoms with Gasteiger partial charge in [0.2, 0.25) is 0 Å². The highest BCUT2D eigenvalue weighted by atomic mass is 16.5. The smallest absolute Gasteiger partial charge is 0.338 e. The molecule has 0 radical (unpaired) electrons. The van der Waals surface area contributed by atoms with Gasteiger partial charge in [0, 0.05) is 6.54 Å². The van der Waals surface area contributed by atoms with Crippen molar-refractivity contribution >= 4 is 5.97 Å². The van der Waals surface area contributed by atoms with Gasteiger partial charge in [0.15, 0.2) is 11.5 Å². The molecule has 0 spiro atoms. The van der Waals surface area contributed by atoms with Crippen molar-refractivity contribution < 1.29 is 24.1 Å². The van der Waals surface area contributed by atoms with Crippen LogP contribution in [0.1, 0.15) is 24.2 Å². The molecule has 3 N–H and O–H groups in total. The summed E-state index contributed by atoms with van der Waals surface area (Å²) in [5, 5.41) is 9.39. The first kappa shape index (κ1) is 16.3. The van der Waals surface area contributed by atoms with Crippen LogP contribution in [0.25, 0.3) is 0 Å². The molecule has 0 aromatic heterocycles. The monoisotopic (exact) mass is 283 g/mol. The van der Waals surface area contributed by atoms with E-state index in [1.807, 2.05) is 6.92 Å². The van der Waals surface area contributed by atoms with E-state index in [9.17, 15) is 9.90 Å². The Morgan fingerprint density at radius 1 is 1.25 bits per heavy atom. The third-order valence-corrected chi connectivity index (χ3v) is 2.46. The highest BCUT2D eigenvalue weighted by Gasteiger charge is 2.13. The van der Waals surface area contributed by atoms with Crippen LogP contribution in [0.2, 0.25) is 0 Å². The molecule has 0 aliphatic carbocycles. The van der Waals surface area contributed by atoms with E-state index in [1.54, 1.807) is 25.1 Å². The van der Waals surface area contributed by atoms with E-state index in [0.717, 1.165) is 0 Å². The van der Waals surface area contributed by atoms with Gasteiger partial charge < -0.3 is 25.1 Å². The molecule has 1 aromatic carbocycles. The number of nitrogens with two attached hydrogens (primary N) is 1. The van der Waals surface area contributed by atoms with Crippen LogP contribution < -0.4 is 15.2 Å². The average Bonchev–Trinajstić information content (AvgIpc) is 2.46. The molecule has 0 fully saturated rings. The van der Waals surface area contributed by atoms with Crippen LogP contribution in [0, 0.1) is 0 Å². The van der Waals surface area contributed by atoms with E-state index in [2.05, 4.69) is 0 Å². The van der Waals surface area contributed by atoms with E-state index in [1.165, 1.54) is 0 Å². The van der Waals surface area contributed by atoms with Crippen molar-refractivity contribution in [3.8, 4) is 11.5 Å². The molecule has 1 unspecified atom stereocenters. The van der Waals surface area contributed by atoms with Crippen LogP contribution in [0.3, 0.4) is 0 Å². The quantitative estimate of drug-likeness (QED) is 0.691. The second-order valence-electron chi connectivity index (χ2n) is 4.02. The summed E-state index contributed by atoms with van der Waals surface area (Å²) in [6.07, 6.45) is -0.741. The van der Waals surface area contributed by atoms with Crippen molar-refractivity contribution in [2.24, 2.45) is 5.73 Å². The van der Waals surface area contributed by atoms with Crippen molar-refractivity contribution in [3.05, 3.63) is 23.8 Å². The van der Waals surface area contributed by atoms with Crippen LogP contribution in [-0.2, 0) is 4.74 Å². The average molecular weight is 283 g/mol.